The molecule has 9 nitrogen and oxygen atoms in total. The Kier molecular flexibility index (Phi) is 8.37. The van der Waals surface area contributed by atoms with E-state index in [2.05, 4.69) is 10.4 Å². The standard InChI is InChI=1S/C25H27Cl2N5O4/c1-5-11-30(24(34)16-7-6-8-18(12-16)32(35)36)15-23(33)28-22-14-21(25(2,3)4)29-31(22)17-9-10-19(26)20(27)13-17/h6-10,12-14H,5,11,15H2,1-4H3,(H,28,33). The number of amides is 2. The first kappa shape index (κ1) is 27.2. The van der Waals surface area contributed by atoms with E-state index >= 15 is 0 Å². The Balaban J connectivity index is 1.88. The molecule has 190 valence electrons. The molecule has 3 aromatic rings. The second kappa shape index (κ2) is 11.1. The fraction of sp³-hybridized carbons (Fsp3) is 0.320. The molecule has 0 radical (unpaired) electrons. The topological polar surface area (TPSA) is 110 Å². The molecule has 0 bridgehead atoms. The first-order valence-corrected chi connectivity index (χ1v) is 12.1. The van der Waals surface area contributed by atoms with Gasteiger partial charge in [0.2, 0.25) is 5.91 Å². The van der Waals surface area contributed by atoms with Gasteiger partial charge in [-0.05, 0) is 30.7 Å². The molecular weight excluding hydrogens is 505 g/mol. The van der Waals surface area contributed by atoms with Gasteiger partial charge in [-0.25, -0.2) is 4.68 Å². The van der Waals surface area contributed by atoms with Gasteiger partial charge in [0, 0.05) is 35.7 Å². The fourth-order valence-electron chi connectivity index (χ4n) is 3.46. The molecule has 0 aliphatic carbocycles. The normalized spacial score (nSPS) is 11.3. The Hall–Kier alpha value is -3.43. The maximum absolute atomic E-state index is 13.1. The SMILES string of the molecule is CCCN(CC(=O)Nc1cc(C(C)(C)C)nn1-c1ccc(Cl)c(Cl)c1)C(=O)c1cccc([N+](=O)[O-])c1. The monoisotopic (exact) mass is 531 g/mol. The molecule has 36 heavy (non-hydrogen) atoms. The molecule has 0 aliphatic rings. The highest BCUT2D eigenvalue weighted by atomic mass is 35.5. The third-order valence-electron chi connectivity index (χ3n) is 5.31. The molecule has 1 N–H and O–H groups in total. The minimum Gasteiger partial charge on any atom is -0.329 e. The maximum atomic E-state index is 13.1. The molecule has 0 fully saturated rings. The molecule has 0 saturated heterocycles. The summed E-state index contributed by atoms with van der Waals surface area (Å²) >= 11 is 12.3. The molecule has 0 saturated carbocycles. The summed E-state index contributed by atoms with van der Waals surface area (Å²) in [6.07, 6.45) is 0.601. The quantitative estimate of drug-likeness (QED) is 0.288. The lowest BCUT2D eigenvalue weighted by Crippen LogP contribution is -2.38. The summed E-state index contributed by atoms with van der Waals surface area (Å²) in [5, 5.41) is 19.3. The Morgan fingerprint density at radius 2 is 1.83 bits per heavy atom. The van der Waals surface area contributed by atoms with E-state index in [0.29, 0.717) is 34.5 Å². The van der Waals surface area contributed by atoms with Crippen molar-refractivity contribution in [1.82, 2.24) is 14.7 Å². The lowest BCUT2D eigenvalue weighted by atomic mass is 9.92. The van der Waals surface area contributed by atoms with Crippen LogP contribution in [-0.4, -0.2) is 44.5 Å². The van der Waals surface area contributed by atoms with Gasteiger partial charge in [-0.15, -0.1) is 0 Å². The van der Waals surface area contributed by atoms with Gasteiger partial charge in [0.1, 0.15) is 12.4 Å². The Morgan fingerprint density at radius 3 is 2.44 bits per heavy atom. The lowest BCUT2D eigenvalue weighted by Gasteiger charge is -2.21. The highest BCUT2D eigenvalue weighted by molar-refractivity contribution is 6.42. The number of carbonyl (C=O) groups is 2. The van der Waals surface area contributed by atoms with Crippen LogP contribution < -0.4 is 5.32 Å². The predicted molar refractivity (Wildman–Crippen MR) is 140 cm³/mol. The van der Waals surface area contributed by atoms with Crippen LogP contribution in [0.4, 0.5) is 11.5 Å². The van der Waals surface area contributed by atoms with Crippen molar-refractivity contribution in [3.8, 4) is 5.69 Å². The van der Waals surface area contributed by atoms with Crippen molar-refractivity contribution >= 4 is 46.5 Å². The van der Waals surface area contributed by atoms with Crippen molar-refractivity contribution in [3.63, 3.8) is 0 Å². The minimum atomic E-state index is -0.565. The number of nitrogens with zero attached hydrogens (tertiary/aromatic N) is 4. The molecule has 0 spiro atoms. The Morgan fingerprint density at radius 1 is 1.11 bits per heavy atom. The van der Waals surface area contributed by atoms with Crippen LogP contribution in [-0.2, 0) is 10.2 Å². The summed E-state index contributed by atoms with van der Waals surface area (Å²) < 4.78 is 1.56. The molecule has 3 rings (SSSR count). The van der Waals surface area contributed by atoms with Crippen molar-refractivity contribution in [2.24, 2.45) is 0 Å². The maximum Gasteiger partial charge on any atom is 0.270 e. The van der Waals surface area contributed by atoms with Crippen LogP contribution >= 0.6 is 23.2 Å². The molecule has 2 amide bonds. The molecule has 1 aromatic heterocycles. The van der Waals surface area contributed by atoms with Crippen LogP contribution in [0.25, 0.3) is 5.69 Å². The van der Waals surface area contributed by atoms with E-state index in [1.54, 1.807) is 28.9 Å². The summed E-state index contributed by atoms with van der Waals surface area (Å²) in [6.45, 7) is 7.93. The number of hydrogen-bond donors (Lipinski definition) is 1. The number of nitrogens with one attached hydrogen (secondary N) is 1. The zero-order valence-electron chi connectivity index (χ0n) is 20.4. The average molecular weight is 532 g/mol. The molecule has 0 atom stereocenters. The molecular formula is C25H27Cl2N5O4. The van der Waals surface area contributed by atoms with Gasteiger partial charge in [0.25, 0.3) is 11.6 Å². The van der Waals surface area contributed by atoms with Gasteiger partial charge < -0.3 is 10.2 Å². The number of nitro groups is 1. The van der Waals surface area contributed by atoms with E-state index in [1.165, 1.54) is 29.2 Å². The minimum absolute atomic E-state index is 0.140. The van der Waals surface area contributed by atoms with Crippen LogP contribution in [0.1, 0.15) is 50.2 Å². The molecule has 0 unspecified atom stereocenters. The summed E-state index contributed by atoms with van der Waals surface area (Å²) in [5.41, 5.74) is 0.992. The number of benzene rings is 2. The number of non-ortho nitro benzene ring substituents is 1. The van der Waals surface area contributed by atoms with Crippen LogP contribution in [0.2, 0.25) is 10.0 Å². The van der Waals surface area contributed by atoms with Crippen LogP contribution in [0.5, 0.6) is 0 Å². The van der Waals surface area contributed by atoms with Crippen LogP contribution in [0.15, 0.2) is 48.5 Å². The van der Waals surface area contributed by atoms with E-state index in [1.807, 2.05) is 27.7 Å². The molecule has 1 heterocycles. The van der Waals surface area contributed by atoms with Gasteiger partial charge in [-0.2, -0.15) is 5.10 Å². The van der Waals surface area contributed by atoms with Crippen molar-refractivity contribution in [1.29, 1.82) is 0 Å². The molecule has 11 heteroatoms. The number of hydrogen-bond acceptors (Lipinski definition) is 5. The first-order chi connectivity index (χ1) is 16.9. The highest BCUT2D eigenvalue weighted by Crippen LogP contribution is 2.29. The zero-order chi connectivity index (χ0) is 26.6. The highest BCUT2D eigenvalue weighted by Gasteiger charge is 2.24. The third kappa shape index (κ3) is 6.41. The van der Waals surface area contributed by atoms with Crippen molar-refractivity contribution < 1.29 is 14.5 Å². The summed E-state index contributed by atoms with van der Waals surface area (Å²) in [5.74, 6) is -0.504. The average Bonchev–Trinajstić information content (AvgIpc) is 3.24. The van der Waals surface area contributed by atoms with E-state index in [-0.39, 0.29) is 23.2 Å². The summed E-state index contributed by atoms with van der Waals surface area (Å²) in [6, 6.07) is 12.2. The Bertz CT molecular complexity index is 1300. The predicted octanol–water partition coefficient (Wildman–Crippen LogP) is 5.88. The second-order valence-electron chi connectivity index (χ2n) is 9.26. The smallest absolute Gasteiger partial charge is 0.270 e. The molecule has 0 aliphatic heterocycles. The van der Waals surface area contributed by atoms with E-state index in [9.17, 15) is 19.7 Å². The number of aromatic nitrogens is 2. The van der Waals surface area contributed by atoms with E-state index < -0.39 is 16.7 Å². The number of halogens is 2. The third-order valence-corrected chi connectivity index (χ3v) is 6.05. The second-order valence-corrected chi connectivity index (χ2v) is 10.1. The Labute approximate surface area is 219 Å². The first-order valence-electron chi connectivity index (χ1n) is 11.3. The van der Waals surface area contributed by atoms with Gasteiger partial charge in [-0.1, -0.05) is 57.0 Å². The van der Waals surface area contributed by atoms with Gasteiger partial charge in [-0.3, -0.25) is 19.7 Å². The largest absolute Gasteiger partial charge is 0.329 e. The van der Waals surface area contributed by atoms with Gasteiger partial charge in [0.05, 0.1) is 26.3 Å². The van der Waals surface area contributed by atoms with Crippen molar-refractivity contribution in [3.05, 3.63) is 79.9 Å². The van der Waals surface area contributed by atoms with Crippen molar-refractivity contribution in [2.45, 2.75) is 39.5 Å². The number of nitro benzene ring substituents is 1. The number of anilines is 1. The van der Waals surface area contributed by atoms with Gasteiger partial charge >= 0.3 is 0 Å². The van der Waals surface area contributed by atoms with Crippen LogP contribution in [0, 0.1) is 10.1 Å². The fourth-order valence-corrected chi connectivity index (χ4v) is 3.76. The summed E-state index contributed by atoms with van der Waals surface area (Å²) in [4.78, 5) is 38.0. The van der Waals surface area contributed by atoms with E-state index in [4.69, 9.17) is 23.2 Å². The lowest BCUT2D eigenvalue weighted by molar-refractivity contribution is -0.384. The van der Waals surface area contributed by atoms with Gasteiger partial charge in [0.15, 0.2) is 0 Å². The van der Waals surface area contributed by atoms with E-state index in [0.717, 1.165) is 5.69 Å². The summed E-state index contributed by atoms with van der Waals surface area (Å²) in [7, 11) is 0. The number of carbonyl (C=O) groups excluding carboxylic acids is 2. The van der Waals surface area contributed by atoms with Crippen molar-refractivity contribution in [2.75, 3.05) is 18.4 Å². The molecule has 2 aromatic carbocycles. The number of rotatable bonds is 8. The van der Waals surface area contributed by atoms with Crippen LogP contribution in [0.3, 0.4) is 0 Å². The zero-order valence-corrected chi connectivity index (χ0v) is 21.9.